The summed E-state index contributed by atoms with van der Waals surface area (Å²) < 4.78 is 43.8. The van der Waals surface area contributed by atoms with Crippen LogP contribution in [0.15, 0.2) is 95.3 Å². The van der Waals surface area contributed by atoms with Crippen LogP contribution in [0.25, 0.3) is 10.2 Å². The largest absolute Gasteiger partial charge is 0.312 e. The summed E-state index contributed by atoms with van der Waals surface area (Å²) in [4.78, 5) is 17.6. The van der Waals surface area contributed by atoms with Crippen molar-refractivity contribution in [3.8, 4) is 0 Å². The summed E-state index contributed by atoms with van der Waals surface area (Å²) >= 11 is 1.20. The number of hydrogen-bond acceptors (Lipinski definition) is 4. The first-order valence-corrected chi connectivity index (χ1v) is 13.2. The molecule has 1 amide bonds. The number of sulfonamides is 1. The van der Waals surface area contributed by atoms with E-state index in [2.05, 4.69) is 11.6 Å². The highest BCUT2D eigenvalue weighted by Crippen LogP contribution is 2.21. The summed E-state index contributed by atoms with van der Waals surface area (Å²) in [6.07, 6.45) is 1.67. The fraction of sp³-hybridized carbons (Fsp3) is 0.154. The summed E-state index contributed by atoms with van der Waals surface area (Å²) in [7, 11) is -3.74. The molecule has 35 heavy (non-hydrogen) atoms. The maximum atomic E-state index is 13.7. The highest BCUT2D eigenvalue weighted by molar-refractivity contribution is 7.89. The average molecular weight is 510 g/mol. The Balaban J connectivity index is 1.62. The van der Waals surface area contributed by atoms with Crippen LogP contribution in [0.2, 0.25) is 0 Å². The molecule has 0 unspecified atom stereocenters. The summed E-state index contributed by atoms with van der Waals surface area (Å²) in [5.74, 6) is -0.886. The van der Waals surface area contributed by atoms with E-state index in [1.807, 2.05) is 30.3 Å². The van der Waals surface area contributed by atoms with Crippen molar-refractivity contribution in [3.05, 3.63) is 107 Å². The van der Waals surface area contributed by atoms with Gasteiger partial charge in [-0.2, -0.15) is 9.30 Å². The smallest absolute Gasteiger partial charge is 0.279 e. The number of amides is 1. The molecule has 4 rings (SSSR count). The summed E-state index contributed by atoms with van der Waals surface area (Å²) in [6.45, 7) is 6.50. The number of carbonyl (C=O) groups excluding carboxylic acids is 1. The van der Waals surface area contributed by atoms with Gasteiger partial charge in [-0.1, -0.05) is 54.7 Å². The molecule has 0 spiro atoms. The van der Waals surface area contributed by atoms with Crippen LogP contribution in [0.4, 0.5) is 4.39 Å². The molecule has 1 heterocycles. The lowest BCUT2D eigenvalue weighted by Crippen LogP contribution is -2.30. The lowest BCUT2D eigenvalue weighted by molar-refractivity contribution is 0.0997. The molecular formula is C26H24FN3O3S2. The van der Waals surface area contributed by atoms with Crippen molar-refractivity contribution < 1.29 is 17.6 Å². The number of rotatable bonds is 8. The van der Waals surface area contributed by atoms with Crippen LogP contribution in [-0.4, -0.2) is 29.7 Å². The van der Waals surface area contributed by atoms with E-state index in [9.17, 15) is 17.6 Å². The van der Waals surface area contributed by atoms with Crippen molar-refractivity contribution in [2.24, 2.45) is 4.99 Å². The Hall–Kier alpha value is -3.40. The number of benzene rings is 3. The van der Waals surface area contributed by atoms with Gasteiger partial charge >= 0.3 is 0 Å². The quantitative estimate of drug-likeness (QED) is 0.315. The molecule has 0 bridgehead atoms. The van der Waals surface area contributed by atoms with Gasteiger partial charge in [-0.25, -0.2) is 12.8 Å². The molecule has 0 atom stereocenters. The number of thiazole rings is 1. The number of fused-ring (bicyclic) bond motifs is 1. The second-order valence-corrected chi connectivity index (χ2v) is 10.7. The predicted octanol–water partition coefficient (Wildman–Crippen LogP) is 4.98. The lowest BCUT2D eigenvalue weighted by Gasteiger charge is -2.20. The monoisotopic (exact) mass is 509 g/mol. The highest BCUT2D eigenvalue weighted by Gasteiger charge is 2.23. The number of carbonyl (C=O) groups is 1. The molecular weight excluding hydrogens is 485 g/mol. The topological polar surface area (TPSA) is 71.7 Å². The SMILES string of the molecule is C=CCn1c(=NC(=O)c2ccc(S(=O)(=O)N(CC)Cc3ccccc3)cc2)sc2cc(F)ccc21. The average Bonchev–Trinajstić information content (AvgIpc) is 3.19. The standard InChI is InChI=1S/C26H24FN3O3S2/c1-3-16-30-23-15-12-21(27)17-24(23)34-26(30)28-25(31)20-10-13-22(14-11-20)35(32,33)29(4-2)18-19-8-6-5-7-9-19/h3,5-15,17H,1,4,16,18H2,2H3. The zero-order valence-electron chi connectivity index (χ0n) is 19.1. The van der Waals surface area contributed by atoms with E-state index >= 15 is 0 Å². The molecule has 0 saturated carbocycles. The molecule has 0 fully saturated rings. The number of nitrogens with zero attached hydrogens (tertiary/aromatic N) is 3. The van der Waals surface area contributed by atoms with Crippen molar-refractivity contribution >= 4 is 37.5 Å². The Morgan fingerprint density at radius 2 is 1.83 bits per heavy atom. The first-order chi connectivity index (χ1) is 16.8. The maximum Gasteiger partial charge on any atom is 0.279 e. The van der Waals surface area contributed by atoms with Gasteiger partial charge in [0.1, 0.15) is 5.82 Å². The fourth-order valence-electron chi connectivity index (χ4n) is 3.66. The van der Waals surface area contributed by atoms with Crippen LogP contribution in [-0.2, 0) is 23.1 Å². The zero-order valence-corrected chi connectivity index (χ0v) is 20.7. The number of aromatic nitrogens is 1. The van der Waals surface area contributed by atoms with Gasteiger partial charge in [-0.3, -0.25) is 4.79 Å². The molecule has 3 aromatic carbocycles. The Bertz CT molecular complexity index is 1540. The second-order valence-electron chi connectivity index (χ2n) is 7.75. The molecule has 0 aliphatic heterocycles. The number of halogens is 1. The van der Waals surface area contributed by atoms with Crippen LogP contribution < -0.4 is 4.80 Å². The minimum absolute atomic E-state index is 0.103. The molecule has 0 saturated heterocycles. The van der Waals surface area contributed by atoms with Crippen LogP contribution in [0.3, 0.4) is 0 Å². The van der Waals surface area contributed by atoms with E-state index in [0.717, 1.165) is 11.1 Å². The normalized spacial score (nSPS) is 12.4. The molecule has 4 aromatic rings. The molecule has 0 aliphatic carbocycles. The molecule has 0 radical (unpaired) electrons. The van der Waals surface area contributed by atoms with Gasteiger partial charge in [0.05, 0.1) is 15.1 Å². The first-order valence-electron chi connectivity index (χ1n) is 11.0. The Morgan fingerprint density at radius 3 is 2.49 bits per heavy atom. The van der Waals surface area contributed by atoms with E-state index in [1.165, 1.54) is 52.0 Å². The van der Waals surface area contributed by atoms with Gasteiger partial charge in [-0.15, -0.1) is 6.58 Å². The van der Waals surface area contributed by atoms with E-state index in [0.29, 0.717) is 22.6 Å². The van der Waals surface area contributed by atoms with Gasteiger partial charge in [0, 0.05) is 25.2 Å². The molecule has 0 N–H and O–H groups in total. The molecule has 180 valence electrons. The number of hydrogen-bond donors (Lipinski definition) is 0. The Morgan fingerprint density at radius 1 is 1.11 bits per heavy atom. The van der Waals surface area contributed by atoms with Gasteiger partial charge < -0.3 is 4.57 Å². The summed E-state index contributed by atoms with van der Waals surface area (Å²) in [6, 6.07) is 19.5. The van der Waals surface area contributed by atoms with Crippen molar-refractivity contribution in [3.63, 3.8) is 0 Å². The minimum Gasteiger partial charge on any atom is -0.312 e. The third-order valence-corrected chi connectivity index (χ3v) is 8.42. The molecule has 6 nitrogen and oxygen atoms in total. The predicted molar refractivity (Wildman–Crippen MR) is 136 cm³/mol. The van der Waals surface area contributed by atoms with Crippen molar-refractivity contribution in [2.45, 2.75) is 24.9 Å². The van der Waals surface area contributed by atoms with Crippen LogP contribution in [0, 0.1) is 5.82 Å². The van der Waals surface area contributed by atoms with Crippen molar-refractivity contribution in [2.75, 3.05) is 6.54 Å². The van der Waals surface area contributed by atoms with E-state index in [4.69, 9.17) is 0 Å². The third kappa shape index (κ3) is 5.32. The van der Waals surface area contributed by atoms with Crippen LogP contribution >= 0.6 is 11.3 Å². The van der Waals surface area contributed by atoms with Gasteiger partial charge in [-0.05, 0) is 48.0 Å². The van der Waals surface area contributed by atoms with Crippen LogP contribution in [0.5, 0.6) is 0 Å². The summed E-state index contributed by atoms with van der Waals surface area (Å²) in [5, 5.41) is 0. The van der Waals surface area contributed by atoms with E-state index < -0.39 is 15.9 Å². The second kappa shape index (κ2) is 10.5. The summed E-state index contributed by atoms with van der Waals surface area (Å²) in [5.41, 5.74) is 1.89. The van der Waals surface area contributed by atoms with E-state index in [1.54, 1.807) is 23.6 Å². The first kappa shape index (κ1) is 24.7. The minimum atomic E-state index is -3.74. The van der Waals surface area contributed by atoms with Crippen LogP contribution in [0.1, 0.15) is 22.8 Å². The lowest BCUT2D eigenvalue weighted by atomic mass is 10.2. The van der Waals surface area contributed by atoms with Crippen molar-refractivity contribution in [1.82, 2.24) is 8.87 Å². The Labute approximate surface area is 207 Å². The Kier molecular flexibility index (Phi) is 7.39. The zero-order chi connectivity index (χ0) is 25.0. The fourth-order valence-corrected chi connectivity index (χ4v) is 6.16. The third-order valence-electron chi connectivity index (χ3n) is 5.45. The van der Waals surface area contributed by atoms with Crippen molar-refractivity contribution in [1.29, 1.82) is 0 Å². The van der Waals surface area contributed by atoms with Gasteiger partial charge in [0.15, 0.2) is 4.80 Å². The number of allylic oxidation sites excluding steroid dienone is 1. The van der Waals surface area contributed by atoms with Gasteiger partial charge in [0.2, 0.25) is 10.0 Å². The van der Waals surface area contributed by atoms with Gasteiger partial charge in [0.25, 0.3) is 5.91 Å². The molecule has 9 heteroatoms. The highest BCUT2D eigenvalue weighted by atomic mass is 32.2. The maximum absolute atomic E-state index is 13.7. The molecule has 1 aromatic heterocycles. The molecule has 0 aliphatic rings. The van der Waals surface area contributed by atoms with E-state index in [-0.39, 0.29) is 22.8 Å².